The van der Waals surface area contributed by atoms with Gasteiger partial charge in [0.1, 0.15) is 15.9 Å². The molecule has 2 aromatic heterocycles. The molecule has 0 saturated carbocycles. The van der Waals surface area contributed by atoms with Gasteiger partial charge in [-0.05, 0) is 24.1 Å². The fraction of sp³-hybridized carbons (Fsp3) is 0.176. The summed E-state index contributed by atoms with van der Waals surface area (Å²) in [7, 11) is 0. The van der Waals surface area contributed by atoms with Crippen molar-refractivity contribution in [3.63, 3.8) is 0 Å². The van der Waals surface area contributed by atoms with Crippen LogP contribution in [-0.4, -0.2) is 12.5 Å². The molecule has 1 amide bonds. The molecule has 0 atom stereocenters. The van der Waals surface area contributed by atoms with E-state index >= 15 is 0 Å². The summed E-state index contributed by atoms with van der Waals surface area (Å²) in [5, 5.41) is 14.7. The molecule has 126 valence electrons. The lowest BCUT2D eigenvalue weighted by Crippen LogP contribution is -2.11. The number of ether oxygens (including phenoxy) is 1. The molecule has 0 unspecified atom stereocenters. The van der Waals surface area contributed by atoms with Gasteiger partial charge in [0.2, 0.25) is 0 Å². The summed E-state index contributed by atoms with van der Waals surface area (Å²) in [5.41, 5.74) is 1.50. The van der Waals surface area contributed by atoms with Crippen LogP contribution in [0.1, 0.15) is 25.7 Å². The Morgan fingerprint density at radius 3 is 2.96 bits per heavy atom. The molecule has 1 aliphatic rings. The third-order valence-corrected chi connectivity index (χ3v) is 6.97. The van der Waals surface area contributed by atoms with Crippen molar-refractivity contribution in [2.24, 2.45) is 0 Å². The summed E-state index contributed by atoms with van der Waals surface area (Å²) in [6.07, 6.45) is 0.687. The summed E-state index contributed by atoms with van der Waals surface area (Å²) < 4.78 is 6.27. The number of anilines is 1. The Bertz CT molecular complexity index is 1050. The number of halogens is 2. The highest BCUT2D eigenvalue weighted by Crippen LogP contribution is 2.39. The molecule has 1 aliphatic heterocycles. The number of carbonyl (C=O) groups is 1. The van der Waals surface area contributed by atoms with E-state index in [0.29, 0.717) is 45.1 Å². The average Bonchev–Trinajstić information content (AvgIpc) is 3.11. The number of nitrogens with one attached hydrogen (secondary N) is 1. The summed E-state index contributed by atoms with van der Waals surface area (Å²) in [6, 6.07) is 7.53. The number of carbonyl (C=O) groups excluding carboxylic acids is 1. The van der Waals surface area contributed by atoms with E-state index < -0.39 is 0 Å². The van der Waals surface area contributed by atoms with E-state index in [4.69, 9.17) is 27.9 Å². The Kier molecular flexibility index (Phi) is 4.44. The number of benzene rings is 1. The van der Waals surface area contributed by atoms with E-state index in [-0.39, 0.29) is 5.91 Å². The van der Waals surface area contributed by atoms with Gasteiger partial charge >= 0.3 is 0 Å². The normalized spacial score (nSPS) is 13.5. The smallest absolute Gasteiger partial charge is 0.267 e. The molecule has 1 N–H and O–H groups in total. The van der Waals surface area contributed by atoms with Gasteiger partial charge in [0, 0.05) is 20.0 Å². The van der Waals surface area contributed by atoms with E-state index in [0.717, 1.165) is 20.5 Å². The Morgan fingerprint density at radius 2 is 2.16 bits per heavy atom. The van der Waals surface area contributed by atoms with Gasteiger partial charge in [0.25, 0.3) is 5.91 Å². The van der Waals surface area contributed by atoms with Gasteiger partial charge < -0.3 is 10.1 Å². The van der Waals surface area contributed by atoms with Gasteiger partial charge in [-0.3, -0.25) is 4.79 Å². The second-order valence-electron chi connectivity index (χ2n) is 5.46. The molecular formula is C17H10Cl2N2O2S2. The van der Waals surface area contributed by atoms with Crippen molar-refractivity contribution < 1.29 is 9.53 Å². The monoisotopic (exact) mass is 408 g/mol. The quantitative estimate of drug-likeness (QED) is 0.611. The maximum Gasteiger partial charge on any atom is 0.267 e. The molecule has 0 aliphatic carbocycles. The van der Waals surface area contributed by atoms with Crippen molar-refractivity contribution in [1.82, 2.24) is 0 Å². The highest BCUT2D eigenvalue weighted by atomic mass is 35.5. The molecule has 0 fully saturated rings. The Labute approximate surface area is 161 Å². The lowest BCUT2D eigenvalue weighted by molar-refractivity contribution is 0.103. The van der Waals surface area contributed by atoms with Crippen LogP contribution in [0, 0.1) is 11.3 Å². The predicted octanol–water partition coefficient (Wildman–Crippen LogP) is 5.47. The van der Waals surface area contributed by atoms with Crippen LogP contribution in [0.5, 0.6) is 0 Å². The minimum atomic E-state index is -0.321. The first-order chi connectivity index (χ1) is 12.1. The van der Waals surface area contributed by atoms with E-state index in [1.807, 2.05) is 0 Å². The molecule has 3 heterocycles. The van der Waals surface area contributed by atoms with E-state index in [1.54, 1.807) is 18.2 Å². The zero-order valence-electron chi connectivity index (χ0n) is 12.7. The SMILES string of the molecule is N#Cc1c(NC(=O)c2sc3cc(Cl)ccc3c2Cl)sc2c1CCOC2. The van der Waals surface area contributed by atoms with Gasteiger partial charge in [0.05, 0.1) is 23.8 Å². The lowest BCUT2D eigenvalue weighted by atomic mass is 10.1. The molecular weight excluding hydrogens is 399 g/mol. The first-order valence-corrected chi connectivity index (χ1v) is 9.78. The van der Waals surface area contributed by atoms with Crippen LogP contribution >= 0.6 is 45.9 Å². The van der Waals surface area contributed by atoms with E-state index in [1.165, 1.54) is 22.7 Å². The molecule has 3 aromatic rings. The third-order valence-electron chi connectivity index (χ3n) is 3.96. The zero-order valence-corrected chi connectivity index (χ0v) is 15.8. The van der Waals surface area contributed by atoms with Crippen LogP contribution < -0.4 is 5.32 Å². The van der Waals surface area contributed by atoms with Crippen molar-refractivity contribution in [1.29, 1.82) is 5.26 Å². The van der Waals surface area contributed by atoms with Gasteiger partial charge in [-0.2, -0.15) is 5.26 Å². The van der Waals surface area contributed by atoms with Gasteiger partial charge in [-0.25, -0.2) is 0 Å². The number of fused-ring (bicyclic) bond motifs is 2. The standard InChI is InChI=1S/C17H10Cl2N2O2S2/c18-8-1-2-10-12(5-8)24-15(14(10)19)16(22)21-17-11(6-20)9-3-4-23-7-13(9)25-17/h1-2,5H,3-4,7H2,(H,21,22). The van der Waals surface area contributed by atoms with Crippen molar-refractivity contribution >= 4 is 66.9 Å². The summed E-state index contributed by atoms with van der Waals surface area (Å²) in [4.78, 5) is 14.1. The highest BCUT2D eigenvalue weighted by molar-refractivity contribution is 7.22. The van der Waals surface area contributed by atoms with Gasteiger partial charge in [-0.1, -0.05) is 29.3 Å². The van der Waals surface area contributed by atoms with E-state index in [2.05, 4.69) is 11.4 Å². The summed E-state index contributed by atoms with van der Waals surface area (Å²) >= 11 is 15.0. The maximum absolute atomic E-state index is 12.7. The molecule has 4 rings (SSSR count). The van der Waals surface area contributed by atoms with Crippen LogP contribution in [-0.2, 0) is 17.8 Å². The van der Waals surface area contributed by atoms with Crippen LogP contribution in [0.4, 0.5) is 5.00 Å². The van der Waals surface area contributed by atoms with Crippen LogP contribution in [0.2, 0.25) is 10.0 Å². The minimum Gasteiger partial charge on any atom is -0.376 e. The minimum absolute atomic E-state index is 0.321. The first kappa shape index (κ1) is 16.8. The Hall–Kier alpha value is -1.62. The molecule has 25 heavy (non-hydrogen) atoms. The second kappa shape index (κ2) is 6.60. The Morgan fingerprint density at radius 1 is 1.32 bits per heavy atom. The zero-order chi connectivity index (χ0) is 17.6. The number of hydrogen-bond donors (Lipinski definition) is 1. The fourth-order valence-corrected chi connectivity index (χ4v) is 5.60. The first-order valence-electron chi connectivity index (χ1n) is 7.39. The topological polar surface area (TPSA) is 62.1 Å². The van der Waals surface area contributed by atoms with Crippen LogP contribution in [0.3, 0.4) is 0 Å². The van der Waals surface area contributed by atoms with Crippen molar-refractivity contribution in [3.8, 4) is 6.07 Å². The molecule has 4 nitrogen and oxygen atoms in total. The molecule has 8 heteroatoms. The third kappa shape index (κ3) is 2.92. The molecule has 1 aromatic carbocycles. The van der Waals surface area contributed by atoms with Crippen molar-refractivity contribution in [2.75, 3.05) is 11.9 Å². The Balaban J connectivity index is 1.70. The van der Waals surface area contributed by atoms with Crippen molar-refractivity contribution in [3.05, 3.63) is 49.1 Å². The molecule has 0 bridgehead atoms. The fourth-order valence-electron chi connectivity index (χ4n) is 2.78. The van der Waals surface area contributed by atoms with Gasteiger partial charge in [0.15, 0.2) is 0 Å². The highest BCUT2D eigenvalue weighted by Gasteiger charge is 2.24. The number of hydrogen-bond acceptors (Lipinski definition) is 5. The van der Waals surface area contributed by atoms with Crippen LogP contribution in [0.25, 0.3) is 10.1 Å². The number of nitriles is 1. The largest absolute Gasteiger partial charge is 0.376 e. The predicted molar refractivity (Wildman–Crippen MR) is 102 cm³/mol. The van der Waals surface area contributed by atoms with Crippen molar-refractivity contribution in [2.45, 2.75) is 13.0 Å². The maximum atomic E-state index is 12.7. The van der Waals surface area contributed by atoms with Crippen LogP contribution in [0.15, 0.2) is 18.2 Å². The number of amides is 1. The number of thiophene rings is 2. The van der Waals surface area contributed by atoms with Gasteiger partial charge in [-0.15, -0.1) is 22.7 Å². The molecule has 0 saturated heterocycles. The summed E-state index contributed by atoms with van der Waals surface area (Å²) in [6.45, 7) is 1.07. The lowest BCUT2D eigenvalue weighted by Gasteiger charge is -2.11. The number of nitrogens with zero attached hydrogens (tertiary/aromatic N) is 1. The van der Waals surface area contributed by atoms with E-state index in [9.17, 15) is 10.1 Å². The summed E-state index contributed by atoms with van der Waals surface area (Å²) in [5.74, 6) is -0.321. The molecule has 0 radical (unpaired) electrons. The number of rotatable bonds is 2. The average molecular weight is 409 g/mol. The molecule has 0 spiro atoms. The second-order valence-corrected chi connectivity index (χ2v) is 8.43.